The number of rotatable bonds is 12. The molecule has 43 heavy (non-hydrogen) atoms. The lowest BCUT2D eigenvalue weighted by Gasteiger charge is -2.31. The fraction of sp³-hybridized carbons (Fsp3) is 0.559. The van der Waals surface area contributed by atoms with Crippen LogP contribution in [0.3, 0.4) is 0 Å². The van der Waals surface area contributed by atoms with E-state index in [1.54, 1.807) is 41.5 Å². The molecular formula is C34H51N3O6. The molecule has 0 aliphatic carbocycles. The summed E-state index contributed by atoms with van der Waals surface area (Å²) in [5.74, 6) is -1.07. The maximum Gasteiger partial charge on any atom is 0.329 e. The van der Waals surface area contributed by atoms with Gasteiger partial charge in [-0.05, 0) is 92.0 Å². The largest absolute Gasteiger partial charge is 0.488 e. The average Bonchev–Trinajstić information content (AvgIpc) is 2.87. The first-order chi connectivity index (χ1) is 19.8. The maximum atomic E-state index is 13.8. The molecule has 3 N–H and O–H groups in total. The second kappa shape index (κ2) is 15.2. The zero-order chi connectivity index (χ0) is 32.4. The zero-order valence-electron chi connectivity index (χ0n) is 27.4. The molecule has 0 aromatic heterocycles. The van der Waals surface area contributed by atoms with Crippen molar-refractivity contribution in [1.29, 1.82) is 0 Å². The Labute approximate surface area is 257 Å². The third-order valence-corrected chi connectivity index (χ3v) is 6.04. The first-order valence-electron chi connectivity index (χ1n) is 14.9. The van der Waals surface area contributed by atoms with Gasteiger partial charge in [0.05, 0.1) is 5.92 Å². The molecule has 0 radical (unpaired) electrons. The molecule has 238 valence electrons. The van der Waals surface area contributed by atoms with Crippen molar-refractivity contribution < 1.29 is 28.6 Å². The van der Waals surface area contributed by atoms with E-state index in [1.807, 2.05) is 75.4 Å². The summed E-state index contributed by atoms with van der Waals surface area (Å²) in [6.45, 7) is 16.9. The topological polar surface area (TPSA) is 120 Å². The van der Waals surface area contributed by atoms with Gasteiger partial charge in [-0.15, -0.1) is 0 Å². The van der Waals surface area contributed by atoms with E-state index in [0.717, 1.165) is 11.1 Å². The van der Waals surface area contributed by atoms with Gasteiger partial charge in [0.25, 0.3) is 0 Å². The molecule has 2 rings (SSSR count). The van der Waals surface area contributed by atoms with Gasteiger partial charge >= 0.3 is 18.0 Å². The molecule has 0 aliphatic heterocycles. The molecular weight excluding hydrogens is 546 g/mol. The van der Waals surface area contributed by atoms with E-state index in [9.17, 15) is 14.4 Å². The molecule has 2 aromatic rings. The Morgan fingerprint density at radius 2 is 1.33 bits per heavy atom. The number of nitrogens with one attached hydrogen (secondary N) is 1. The highest BCUT2D eigenvalue weighted by atomic mass is 16.6. The number of ether oxygens (including phenoxy) is 3. The quantitative estimate of drug-likeness (QED) is 0.319. The zero-order valence-corrected chi connectivity index (χ0v) is 27.4. The van der Waals surface area contributed by atoms with Crippen LogP contribution in [-0.2, 0) is 31.9 Å². The monoisotopic (exact) mass is 597 g/mol. The third kappa shape index (κ3) is 14.0. The van der Waals surface area contributed by atoms with Gasteiger partial charge in [-0.2, -0.15) is 0 Å². The number of benzene rings is 2. The van der Waals surface area contributed by atoms with Crippen molar-refractivity contribution in [2.75, 3.05) is 19.6 Å². The fourth-order valence-electron chi connectivity index (χ4n) is 4.17. The van der Waals surface area contributed by atoms with Crippen LogP contribution >= 0.6 is 0 Å². The number of esters is 2. The molecule has 2 atom stereocenters. The second-order valence-electron chi connectivity index (χ2n) is 13.7. The molecule has 2 amide bonds. The number of amides is 2. The van der Waals surface area contributed by atoms with Gasteiger partial charge in [0.1, 0.15) is 28.6 Å². The van der Waals surface area contributed by atoms with Gasteiger partial charge < -0.3 is 30.2 Å². The lowest BCUT2D eigenvalue weighted by atomic mass is 10.0. The van der Waals surface area contributed by atoms with Crippen LogP contribution in [0.5, 0.6) is 5.75 Å². The smallest absolute Gasteiger partial charge is 0.329 e. The number of hydrogen-bond donors (Lipinski definition) is 2. The van der Waals surface area contributed by atoms with Crippen LogP contribution in [0, 0.1) is 5.92 Å². The summed E-state index contributed by atoms with van der Waals surface area (Å²) in [5.41, 5.74) is 6.03. The van der Waals surface area contributed by atoms with E-state index in [1.165, 1.54) is 4.90 Å². The van der Waals surface area contributed by atoms with Gasteiger partial charge in [-0.25, -0.2) is 9.59 Å². The van der Waals surface area contributed by atoms with Gasteiger partial charge in [-0.1, -0.05) is 42.5 Å². The minimum atomic E-state index is -0.974. The molecule has 0 bridgehead atoms. The van der Waals surface area contributed by atoms with Crippen LogP contribution in [0.4, 0.5) is 4.79 Å². The predicted octanol–water partition coefficient (Wildman–Crippen LogP) is 5.29. The summed E-state index contributed by atoms with van der Waals surface area (Å²) in [6, 6.07) is 15.7. The number of hydrogen-bond acceptors (Lipinski definition) is 7. The standard InChI is InChI=1S/C34H51N3O6/c1-32(2,3)41-27-17-15-25(16-18-27)21-28(30(39)43-34(7,8)9)36-31(40)37(20-19-24-13-11-10-12-14-24)23-26(22-35)29(38)42-33(4,5)6/h10-18,26,28H,19-23,35H2,1-9H3,(H,36,40)/t26-,28+/m1/s1. The van der Waals surface area contributed by atoms with Crippen LogP contribution in [-0.4, -0.2) is 65.3 Å². The van der Waals surface area contributed by atoms with Gasteiger partial charge in [0.2, 0.25) is 0 Å². The van der Waals surface area contributed by atoms with Gasteiger partial charge in [0.15, 0.2) is 0 Å². The average molecular weight is 598 g/mol. The summed E-state index contributed by atoms with van der Waals surface area (Å²) in [7, 11) is 0. The van der Waals surface area contributed by atoms with E-state index < -0.39 is 41.1 Å². The molecule has 0 spiro atoms. The van der Waals surface area contributed by atoms with Crippen molar-refractivity contribution in [1.82, 2.24) is 10.2 Å². The molecule has 9 heteroatoms. The Hall–Kier alpha value is -3.59. The van der Waals surface area contributed by atoms with Crippen LogP contribution in [0.1, 0.15) is 73.4 Å². The lowest BCUT2D eigenvalue weighted by Crippen LogP contribution is -2.53. The van der Waals surface area contributed by atoms with Gasteiger partial charge in [-0.3, -0.25) is 4.79 Å². The normalized spacial score (nSPS) is 13.4. The Morgan fingerprint density at radius 1 is 0.767 bits per heavy atom. The molecule has 0 aliphatic rings. The van der Waals surface area contributed by atoms with Crippen molar-refractivity contribution in [2.24, 2.45) is 11.7 Å². The van der Waals surface area contributed by atoms with E-state index >= 15 is 0 Å². The third-order valence-electron chi connectivity index (χ3n) is 6.04. The van der Waals surface area contributed by atoms with Crippen molar-refractivity contribution in [2.45, 2.75) is 98.0 Å². The molecule has 0 saturated carbocycles. The Bertz CT molecular complexity index is 1180. The first kappa shape index (κ1) is 35.6. The maximum absolute atomic E-state index is 13.8. The minimum Gasteiger partial charge on any atom is -0.488 e. The van der Waals surface area contributed by atoms with Crippen molar-refractivity contribution >= 4 is 18.0 Å². The van der Waals surface area contributed by atoms with Gasteiger partial charge in [0, 0.05) is 26.1 Å². The Balaban J connectivity index is 2.31. The second-order valence-corrected chi connectivity index (χ2v) is 13.7. The Morgan fingerprint density at radius 3 is 1.84 bits per heavy atom. The summed E-state index contributed by atoms with van der Waals surface area (Å²) in [4.78, 5) is 41.6. The number of nitrogens with two attached hydrogens (primary N) is 1. The van der Waals surface area contributed by atoms with Crippen LogP contribution in [0.25, 0.3) is 0 Å². The van der Waals surface area contributed by atoms with E-state index in [2.05, 4.69) is 5.32 Å². The van der Waals surface area contributed by atoms with Crippen molar-refractivity contribution in [3.8, 4) is 5.75 Å². The Kier molecular flexibility index (Phi) is 12.6. The SMILES string of the molecule is CC(C)(C)OC(=O)[C@H](CN)CN(CCc1ccccc1)C(=O)N[C@@H](Cc1ccc(OC(C)(C)C)cc1)C(=O)OC(C)(C)C. The number of nitrogens with zero attached hydrogens (tertiary/aromatic N) is 1. The number of carbonyl (C=O) groups is 3. The summed E-state index contributed by atoms with van der Waals surface area (Å²) in [5, 5.41) is 2.88. The summed E-state index contributed by atoms with van der Waals surface area (Å²) < 4.78 is 17.2. The predicted molar refractivity (Wildman–Crippen MR) is 169 cm³/mol. The van der Waals surface area contributed by atoms with Crippen molar-refractivity contribution in [3.05, 3.63) is 65.7 Å². The summed E-state index contributed by atoms with van der Waals surface area (Å²) >= 11 is 0. The van der Waals surface area contributed by atoms with Crippen LogP contribution in [0.2, 0.25) is 0 Å². The van der Waals surface area contributed by atoms with Crippen LogP contribution in [0.15, 0.2) is 54.6 Å². The molecule has 0 unspecified atom stereocenters. The van der Waals surface area contributed by atoms with E-state index in [4.69, 9.17) is 19.9 Å². The highest BCUT2D eigenvalue weighted by Gasteiger charge is 2.32. The van der Waals surface area contributed by atoms with Crippen LogP contribution < -0.4 is 15.8 Å². The number of urea groups is 1. The highest BCUT2D eigenvalue weighted by Crippen LogP contribution is 2.20. The van der Waals surface area contributed by atoms with E-state index in [-0.39, 0.29) is 25.1 Å². The summed E-state index contributed by atoms with van der Waals surface area (Å²) in [6.07, 6.45) is 0.752. The lowest BCUT2D eigenvalue weighted by molar-refractivity contribution is -0.160. The molecule has 0 heterocycles. The van der Waals surface area contributed by atoms with E-state index in [0.29, 0.717) is 18.7 Å². The minimum absolute atomic E-state index is 0.00249. The highest BCUT2D eigenvalue weighted by molar-refractivity contribution is 5.84. The fourth-order valence-corrected chi connectivity index (χ4v) is 4.17. The molecule has 9 nitrogen and oxygen atoms in total. The first-order valence-corrected chi connectivity index (χ1v) is 14.9. The molecule has 0 saturated heterocycles. The van der Waals surface area contributed by atoms with Crippen molar-refractivity contribution in [3.63, 3.8) is 0 Å². The molecule has 2 aromatic carbocycles. The molecule has 0 fully saturated rings. The number of carbonyl (C=O) groups excluding carboxylic acids is 3.